The van der Waals surface area contributed by atoms with Crippen molar-refractivity contribution in [3.05, 3.63) is 77.0 Å². The molecule has 170 valence electrons. The summed E-state index contributed by atoms with van der Waals surface area (Å²) in [5.41, 5.74) is 3.05. The molecule has 1 aliphatic heterocycles. The maximum absolute atomic E-state index is 13.4. The van der Waals surface area contributed by atoms with Crippen molar-refractivity contribution in [3.8, 4) is 16.9 Å². The van der Waals surface area contributed by atoms with Gasteiger partial charge in [0.15, 0.2) is 5.65 Å². The largest absolute Gasteiger partial charge is 0.490 e. The molecule has 2 aromatic carbocycles. The maximum atomic E-state index is 13.4. The van der Waals surface area contributed by atoms with Crippen LogP contribution in [0.2, 0.25) is 0 Å². The molecule has 8 heteroatoms. The van der Waals surface area contributed by atoms with E-state index in [0.717, 1.165) is 58.4 Å². The van der Waals surface area contributed by atoms with Crippen LogP contribution in [0.1, 0.15) is 18.4 Å². The average Bonchev–Trinajstić information content (AvgIpc) is 3.20. The number of pyridine rings is 1. The Kier molecular flexibility index (Phi) is 5.99. The molecule has 1 fully saturated rings. The molecule has 4 aromatic rings. The van der Waals surface area contributed by atoms with Gasteiger partial charge in [0.25, 0.3) is 10.0 Å². The van der Waals surface area contributed by atoms with Crippen molar-refractivity contribution in [3.63, 3.8) is 0 Å². The summed E-state index contributed by atoms with van der Waals surface area (Å²) in [5.74, 6) is 0.793. The zero-order chi connectivity index (χ0) is 23.0. The summed E-state index contributed by atoms with van der Waals surface area (Å²) in [7, 11) is -3.81. The van der Waals surface area contributed by atoms with Gasteiger partial charge in [-0.15, -0.1) is 0 Å². The molecule has 1 aliphatic rings. The second kappa shape index (κ2) is 8.93. The van der Waals surface area contributed by atoms with E-state index in [1.54, 1.807) is 36.7 Å². The van der Waals surface area contributed by atoms with E-state index in [1.165, 1.54) is 3.97 Å². The molecule has 0 N–H and O–H groups in total. The quantitative estimate of drug-likeness (QED) is 0.340. The van der Waals surface area contributed by atoms with Crippen LogP contribution in [-0.2, 0) is 14.8 Å². The smallest absolute Gasteiger partial charge is 0.269 e. The van der Waals surface area contributed by atoms with Crippen LogP contribution in [0.5, 0.6) is 5.75 Å². The predicted molar refractivity (Wildman–Crippen MR) is 131 cm³/mol. The number of aryl methyl sites for hydroxylation is 1. The molecule has 0 atom stereocenters. The van der Waals surface area contributed by atoms with Gasteiger partial charge in [-0.25, -0.2) is 17.4 Å². The summed E-state index contributed by atoms with van der Waals surface area (Å²) >= 11 is 3.47. The number of hydrogen-bond donors (Lipinski definition) is 0. The van der Waals surface area contributed by atoms with Crippen LogP contribution >= 0.6 is 15.9 Å². The number of aromatic nitrogens is 2. The first-order valence-corrected chi connectivity index (χ1v) is 13.0. The normalized spacial score (nSPS) is 15.1. The molecule has 1 saturated heterocycles. The molecule has 6 nitrogen and oxygen atoms in total. The van der Waals surface area contributed by atoms with Gasteiger partial charge >= 0.3 is 0 Å². The van der Waals surface area contributed by atoms with Crippen LogP contribution in [0.25, 0.3) is 22.2 Å². The van der Waals surface area contributed by atoms with Crippen molar-refractivity contribution in [2.75, 3.05) is 13.2 Å². The molecular formula is C25H23BrN2O4S. The molecule has 5 rings (SSSR count). The van der Waals surface area contributed by atoms with E-state index in [2.05, 4.69) is 20.9 Å². The molecule has 0 aliphatic carbocycles. The third-order valence-electron chi connectivity index (χ3n) is 5.79. The summed E-state index contributed by atoms with van der Waals surface area (Å²) in [6, 6.07) is 16.5. The van der Waals surface area contributed by atoms with Crippen molar-refractivity contribution >= 4 is 37.0 Å². The molecule has 0 radical (unpaired) electrons. The summed E-state index contributed by atoms with van der Waals surface area (Å²) in [4.78, 5) is 4.66. The fourth-order valence-electron chi connectivity index (χ4n) is 3.99. The summed E-state index contributed by atoms with van der Waals surface area (Å²) in [6.45, 7) is 3.37. The Labute approximate surface area is 201 Å². The lowest BCUT2D eigenvalue weighted by Crippen LogP contribution is -2.25. The number of hydrogen-bond acceptors (Lipinski definition) is 5. The molecule has 0 spiro atoms. The van der Waals surface area contributed by atoms with Gasteiger partial charge < -0.3 is 9.47 Å². The second-order valence-electron chi connectivity index (χ2n) is 8.14. The van der Waals surface area contributed by atoms with Crippen LogP contribution in [0.3, 0.4) is 0 Å². The summed E-state index contributed by atoms with van der Waals surface area (Å²) in [6.07, 6.45) is 5.18. The molecule has 0 saturated carbocycles. The van der Waals surface area contributed by atoms with Crippen LogP contribution in [0.15, 0.2) is 76.4 Å². The highest BCUT2D eigenvalue weighted by Crippen LogP contribution is 2.34. The Hall–Kier alpha value is -2.68. The van der Waals surface area contributed by atoms with Gasteiger partial charge in [0, 0.05) is 40.7 Å². The lowest BCUT2D eigenvalue weighted by atomic mass is 10.1. The summed E-state index contributed by atoms with van der Waals surface area (Å²) in [5, 5.41) is 0.748. The minimum atomic E-state index is -3.81. The van der Waals surface area contributed by atoms with Gasteiger partial charge in [-0.3, -0.25) is 0 Å². The topological polar surface area (TPSA) is 70.4 Å². The Morgan fingerprint density at radius 3 is 2.45 bits per heavy atom. The zero-order valence-corrected chi connectivity index (χ0v) is 20.5. The van der Waals surface area contributed by atoms with Gasteiger partial charge in [0.05, 0.1) is 18.1 Å². The van der Waals surface area contributed by atoms with Crippen LogP contribution < -0.4 is 4.74 Å². The number of halogens is 1. The SMILES string of the molecule is Cc1ccc(S(=O)(=O)n2cc(-c3ccc(OC4CCOCC4)cc3)c3cc(Br)cnc32)cc1. The lowest BCUT2D eigenvalue weighted by Gasteiger charge is -2.23. The van der Waals surface area contributed by atoms with E-state index in [9.17, 15) is 8.42 Å². The number of ether oxygens (including phenoxy) is 2. The Morgan fingerprint density at radius 2 is 1.76 bits per heavy atom. The van der Waals surface area contributed by atoms with Crippen LogP contribution in [0, 0.1) is 6.92 Å². The first-order valence-electron chi connectivity index (χ1n) is 10.8. The molecule has 3 heterocycles. The van der Waals surface area contributed by atoms with E-state index >= 15 is 0 Å². The lowest BCUT2D eigenvalue weighted by molar-refractivity contribution is 0.0256. The molecule has 0 bridgehead atoms. The van der Waals surface area contributed by atoms with E-state index in [0.29, 0.717) is 5.65 Å². The van der Waals surface area contributed by atoms with Gasteiger partial charge in [0.2, 0.25) is 0 Å². The molecule has 0 amide bonds. The Balaban J connectivity index is 1.55. The van der Waals surface area contributed by atoms with Crippen molar-refractivity contribution in [2.24, 2.45) is 0 Å². The maximum Gasteiger partial charge on any atom is 0.269 e. The van der Waals surface area contributed by atoms with Crippen molar-refractivity contribution in [1.82, 2.24) is 8.96 Å². The highest BCUT2D eigenvalue weighted by molar-refractivity contribution is 9.10. The minimum absolute atomic E-state index is 0.159. The molecule has 33 heavy (non-hydrogen) atoms. The first kappa shape index (κ1) is 22.1. The Bertz CT molecular complexity index is 1390. The third kappa shape index (κ3) is 4.43. The van der Waals surface area contributed by atoms with Gasteiger partial charge in [-0.05, 0) is 58.7 Å². The fraction of sp³-hybridized carbons (Fsp3) is 0.240. The second-order valence-corrected chi connectivity index (χ2v) is 10.9. The zero-order valence-electron chi connectivity index (χ0n) is 18.1. The summed E-state index contributed by atoms with van der Waals surface area (Å²) < 4.78 is 40.4. The molecular weight excluding hydrogens is 504 g/mol. The van der Waals surface area contributed by atoms with Crippen LogP contribution in [-0.4, -0.2) is 36.7 Å². The highest BCUT2D eigenvalue weighted by Gasteiger charge is 2.23. The van der Waals surface area contributed by atoms with E-state index in [-0.39, 0.29) is 11.0 Å². The van der Waals surface area contributed by atoms with Gasteiger partial charge in [-0.1, -0.05) is 29.8 Å². The van der Waals surface area contributed by atoms with Crippen molar-refractivity contribution in [2.45, 2.75) is 30.8 Å². The molecule has 2 aromatic heterocycles. The molecule has 0 unspecified atom stereocenters. The predicted octanol–water partition coefficient (Wildman–Crippen LogP) is 5.57. The Morgan fingerprint density at radius 1 is 1.06 bits per heavy atom. The van der Waals surface area contributed by atoms with E-state index in [4.69, 9.17) is 9.47 Å². The number of fused-ring (bicyclic) bond motifs is 1. The number of rotatable bonds is 5. The third-order valence-corrected chi connectivity index (χ3v) is 7.89. The van der Waals surface area contributed by atoms with Crippen LogP contribution in [0.4, 0.5) is 0 Å². The standard InChI is InChI=1S/C25H23BrN2O4S/c1-17-2-8-22(9-3-17)33(29,30)28-16-24(23-14-19(26)15-27-25(23)28)18-4-6-20(7-5-18)32-21-10-12-31-13-11-21/h2-9,14-16,21H,10-13H2,1H3. The number of benzene rings is 2. The highest BCUT2D eigenvalue weighted by atomic mass is 79.9. The monoisotopic (exact) mass is 526 g/mol. The van der Waals surface area contributed by atoms with Gasteiger partial charge in [0.1, 0.15) is 11.9 Å². The average molecular weight is 527 g/mol. The van der Waals surface area contributed by atoms with Gasteiger partial charge in [-0.2, -0.15) is 0 Å². The number of nitrogens with zero attached hydrogens (tertiary/aromatic N) is 2. The van der Waals surface area contributed by atoms with Crippen molar-refractivity contribution in [1.29, 1.82) is 0 Å². The van der Waals surface area contributed by atoms with E-state index < -0.39 is 10.0 Å². The van der Waals surface area contributed by atoms with E-state index in [1.807, 2.05) is 37.3 Å². The first-order chi connectivity index (χ1) is 15.9. The minimum Gasteiger partial charge on any atom is -0.490 e. The fourth-order valence-corrected chi connectivity index (χ4v) is 5.65. The van der Waals surface area contributed by atoms with Crippen molar-refractivity contribution < 1.29 is 17.9 Å².